The zero-order valence-corrected chi connectivity index (χ0v) is 5.63. The van der Waals surface area contributed by atoms with Crippen molar-refractivity contribution in [2.75, 3.05) is 0 Å². The highest BCUT2D eigenvalue weighted by Crippen LogP contribution is 2.18. The van der Waals surface area contributed by atoms with E-state index in [4.69, 9.17) is 6.92 Å². The van der Waals surface area contributed by atoms with Crippen LogP contribution in [0.25, 0.3) is 0 Å². The van der Waals surface area contributed by atoms with E-state index >= 15 is 0 Å². The van der Waals surface area contributed by atoms with Crippen LogP contribution in [0.1, 0.15) is 5.56 Å². The van der Waals surface area contributed by atoms with Gasteiger partial charge in [-0.3, -0.25) is 0 Å². The summed E-state index contributed by atoms with van der Waals surface area (Å²) >= 11 is 0. The van der Waals surface area contributed by atoms with Gasteiger partial charge in [-0.25, -0.2) is 0 Å². The van der Waals surface area contributed by atoms with E-state index in [-0.39, 0.29) is 11.3 Å². The second-order valence-electron chi connectivity index (χ2n) is 1.92. The molecule has 58 valence electrons. The Morgan fingerprint density at radius 3 is 2.45 bits per heavy atom. The summed E-state index contributed by atoms with van der Waals surface area (Å²) in [6.07, 6.45) is 0. The first-order valence-corrected chi connectivity index (χ1v) is 2.99. The molecule has 0 amide bonds. The van der Waals surface area contributed by atoms with Crippen LogP contribution in [0.3, 0.4) is 0 Å². The molecule has 0 N–H and O–H groups in total. The Bertz CT molecular complexity index is 235. The molecule has 0 bridgehead atoms. The second kappa shape index (κ2) is 3.32. The van der Waals surface area contributed by atoms with Crippen LogP contribution in [0.4, 0.5) is 8.78 Å². The summed E-state index contributed by atoms with van der Waals surface area (Å²) in [5, 5.41) is 0. The summed E-state index contributed by atoms with van der Waals surface area (Å²) in [5.41, 5.74) is 0.216. The molecule has 0 aliphatic carbocycles. The van der Waals surface area contributed by atoms with E-state index in [9.17, 15) is 8.78 Å². The molecule has 0 aliphatic heterocycles. The van der Waals surface area contributed by atoms with Crippen LogP contribution in [0.2, 0.25) is 0 Å². The van der Waals surface area contributed by atoms with Gasteiger partial charge in [-0.05, 0) is 11.6 Å². The standard InChI is InChI=1S/C8H6F2O/c1-6-4-2-3-5-7(6)11-8(9)10/h1-5,8H. The van der Waals surface area contributed by atoms with Crippen molar-refractivity contribution < 1.29 is 13.5 Å². The van der Waals surface area contributed by atoms with Gasteiger partial charge in [0.1, 0.15) is 5.75 Å². The molecule has 0 atom stereocenters. The number of alkyl halides is 2. The lowest BCUT2D eigenvalue weighted by Crippen LogP contribution is -2.02. The number of ether oxygens (including phenoxy) is 1. The van der Waals surface area contributed by atoms with Crippen LogP contribution in [0.5, 0.6) is 5.75 Å². The molecule has 0 unspecified atom stereocenters. The van der Waals surface area contributed by atoms with Crippen LogP contribution < -0.4 is 4.74 Å². The van der Waals surface area contributed by atoms with Gasteiger partial charge in [0.2, 0.25) is 0 Å². The van der Waals surface area contributed by atoms with Gasteiger partial charge in [0.05, 0.1) is 0 Å². The summed E-state index contributed by atoms with van der Waals surface area (Å²) in [5.74, 6) is 0.0162. The SMILES string of the molecule is [CH]c1ccccc1OC(F)F. The Balaban J connectivity index is 2.78. The number of para-hydroxylation sites is 1. The first-order valence-electron chi connectivity index (χ1n) is 2.99. The predicted molar refractivity (Wildman–Crippen MR) is 36.5 cm³/mol. The van der Waals surface area contributed by atoms with E-state index < -0.39 is 6.61 Å². The number of benzene rings is 1. The largest absolute Gasteiger partial charge is 0.435 e. The van der Waals surface area contributed by atoms with Crippen molar-refractivity contribution in [2.45, 2.75) is 6.61 Å². The van der Waals surface area contributed by atoms with Crippen LogP contribution >= 0.6 is 0 Å². The monoisotopic (exact) mass is 156 g/mol. The van der Waals surface area contributed by atoms with Crippen LogP contribution in [0, 0.1) is 6.92 Å². The number of hydrogen-bond acceptors (Lipinski definition) is 1. The fourth-order valence-corrected chi connectivity index (χ4v) is 0.684. The van der Waals surface area contributed by atoms with Crippen LogP contribution in [-0.4, -0.2) is 6.61 Å². The zero-order chi connectivity index (χ0) is 8.27. The summed E-state index contributed by atoms with van der Waals surface area (Å²) in [7, 11) is 0. The van der Waals surface area contributed by atoms with E-state index in [0.29, 0.717) is 0 Å². The first kappa shape index (κ1) is 7.98. The van der Waals surface area contributed by atoms with Crippen molar-refractivity contribution in [3.8, 4) is 5.75 Å². The van der Waals surface area contributed by atoms with E-state index in [0.717, 1.165) is 0 Å². The van der Waals surface area contributed by atoms with Gasteiger partial charge >= 0.3 is 6.61 Å². The molecular weight excluding hydrogens is 150 g/mol. The van der Waals surface area contributed by atoms with Crippen molar-refractivity contribution in [1.82, 2.24) is 0 Å². The summed E-state index contributed by atoms with van der Waals surface area (Å²) in [6, 6.07) is 6.11. The lowest BCUT2D eigenvalue weighted by molar-refractivity contribution is -0.0501. The highest BCUT2D eigenvalue weighted by Gasteiger charge is 2.04. The Kier molecular flexibility index (Phi) is 2.41. The second-order valence-corrected chi connectivity index (χ2v) is 1.92. The minimum absolute atomic E-state index is 0.0162. The molecular formula is C8H6F2O. The maximum absolute atomic E-state index is 11.6. The highest BCUT2D eigenvalue weighted by molar-refractivity contribution is 5.35. The zero-order valence-electron chi connectivity index (χ0n) is 5.63. The number of rotatable bonds is 2. The Labute approximate surface area is 63.6 Å². The molecule has 1 aromatic rings. The van der Waals surface area contributed by atoms with Crippen molar-refractivity contribution in [1.29, 1.82) is 0 Å². The normalized spacial score (nSPS) is 10.2. The predicted octanol–water partition coefficient (Wildman–Crippen LogP) is 2.35. The van der Waals surface area contributed by atoms with Gasteiger partial charge in [0.15, 0.2) is 0 Å². The molecule has 1 nitrogen and oxygen atoms in total. The van der Waals surface area contributed by atoms with Crippen LogP contribution in [-0.2, 0) is 0 Å². The van der Waals surface area contributed by atoms with Gasteiger partial charge in [-0.15, -0.1) is 0 Å². The van der Waals surface area contributed by atoms with Gasteiger partial charge in [-0.2, -0.15) is 8.78 Å². The van der Waals surface area contributed by atoms with Gasteiger partial charge in [0, 0.05) is 6.92 Å². The Hall–Kier alpha value is -1.12. The Morgan fingerprint density at radius 2 is 1.91 bits per heavy atom. The smallest absolute Gasteiger partial charge is 0.387 e. The fourth-order valence-electron chi connectivity index (χ4n) is 0.684. The average molecular weight is 156 g/mol. The number of halogens is 2. The van der Waals surface area contributed by atoms with Gasteiger partial charge in [0.25, 0.3) is 0 Å². The molecule has 0 aliphatic rings. The molecule has 1 rings (SSSR count). The van der Waals surface area contributed by atoms with E-state index in [1.54, 1.807) is 12.1 Å². The van der Waals surface area contributed by atoms with E-state index in [1.165, 1.54) is 12.1 Å². The first-order chi connectivity index (χ1) is 5.20. The third kappa shape index (κ3) is 2.18. The summed E-state index contributed by atoms with van der Waals surface area (Å²) in [6.45, 7) is 2.49. The third-order valence-electron chi connectivity index (χ3n) is 1.14. The summed E-state index contributed by atoms with van der Waals surface area (Å²) < 4.78 is 27.3. The minimum Gasteiger partial charge on any atom is -0.435 e. The van der Waals surface area contributed by atoms with Crippen molar-refractivity contribution in [3.63, 3.8) is 0 Å². The molecule has 11 heavy (non-hydrogen) atoms. The topological polar surface area (TPSA) is 9.23 Å². The fraction of sp³-hybridized carbons (Fsp3) is 0.125. The molecule has 0 fully saturated rings. The average Bonchev–Trinajstić information content (AvgIpc) is 1.93. The molecule has 1 aromatic carbocycles. The maximum Gasteiger partial charge on any atom is 0.387 e. The Morgan fingerprint density at radius 1 is 1.27 bits per heavy atom. The lowest BCUT2D eigenvalue weighted by Gasteiger charge is -2.05. The van der Waals surface area contributed by atoms with Gasteiger partial charge in [-0.1, -0.05) is 18.2 Å². The summed E-state index contributed by atoms with van der Waals surface area (Å²) in [4.78, 5) is 0. The van der Waals surface area contributed by atoms with E-state index in [1.807, 2.05) is 0 Å². The van der Waals surface area contributed by atoms with Gasteiger partial charge < -0.3 is 4.74 Å². The molecule has 0 saturated heterocycles. The lowest BCUT2D eigenvalue weighted by atomic mass is 10.2. The molecule has 0 aromatic heterocycles. The molecule has 0 saturated carbocycles. The maximum atomic E-state index is 11.6. The van der Waals surface area contributed by atoms with Crippen molar-refractivity contribution in [3.05, 3.63) is 36.8 Å². The molecule has 0 spiro atoms. The molecule has 3 heteroatoms. The molecule has 0 heterocycles. The third-order valence-corrected chi connectivity index (χ3v) is 1.14. The molecule has 2 radical (unpaired) electrons. The quantitative estimate of drug-likeness (QED) is 0.638. The number of hydrogen-bond donors (Lipinski definition) is 0. The van der Waals surface area contributed by atoms with E-state index in [2.05, 4.69) is 4.74 Å². The highest BCUT2D eigenvalue weighted by atomic mass is 19.3. The van der Waals surface area contributed by atoms with Crippen LogP contribution in [0.15, 0.2) is 24.3 Å². The van der Waals surface area contributed by atoms with Crippen molar-refractivity contribution in [2.24, 2.45) is 0 Å². The minimum atomic E-state index is -2.82. The van der Waals surface area contributed by atoms with Crippen molar-refractivity contribution >= 4 is 0 Å².